The summed E-state index contributed by atoms with van der Waals surface area (Å²) < 4.78 is 1.45. The summed E-state index contributed by atoms with van der Waals surface area (Å²) in [5, 5.41) is 4.58. The molecule has 0 radical (unpaired) electrons. The molecule has 0 fully saturated rings. The molecule has 1 aromatic heterocycles. The smallest absolute Gasteiger partial charge is 0.149 e. The maximum atomic E-state index is 5.88. The Morgan fingerprint density at radius 1 is 1.62 bits per heavy atom. The Bertz CT molecular complexity index is 366. The van der Waals surface area contributed by atoms with E-state index in [-0.39, 0.29) is 0 Å². The van der Waals surface area contributed by atoms with Gasteiger partial charge in [0.15, 0.2) is 0 Å². The van der Waals surface area contributed by atoms with Crippen LogP contribution < -0.4 is 0 Å². The van der Waals surface area contributed by atoms with Gasteiger partial charge in [-0.05, 0) is 18.6 Å². The molecule has 1 rings (SSSR count). The lowest BCUT2D eigenvalue weighted by Gasteiger charge is -2.01. The summed E-state index contributed by atoms with van der Waals surface area (Å²) in [6.45, 7) is 5.28. The normalized spacial score (nSPS) is 11.8. The monoisotopic (exact) mass is 217 g/mol. The van der Waals surface area contributed by atoms with E-state index in [1.807, 2.05) is 6.92 Å². The molecule has 0 bridgehead atoms. The van der Waals surface area contributed by atoms with Gasteiger partial charge in [0, 0.05) is 13.8 Å². The summed E-state index contributed by atoms with van der Waals surface area (Å²) in [7, 11) is 1.61. The quantitative estimate of drug-likeness (QED) is 0.682. The highest BCUT2D eigenvalue weighted by Crippen LogP contribution is 2.21. The number of halogens is 2. The van der Waals surface area contributed by atoms with Crippen LogP contribution in [0.5, 0.6) is 0 Å². The van der Waals surface area contributed by atoms with Crippen molar-refractivity contribution in [1.82, 2.24) is 4.68 Å². The zero-order valence-corrected chi connectivity index (χ0v) is 8.89. The third kappa shape index (κ3) is 1.76. The van der Waals surface area contributed by atoms with Gasteiger partial charge in [0.05, 0.1) is 0 Å². The van der Waals surface area contributed by atoms with Crippen molar-refractivity contribution < 1.29 is 0 Å². The largest absolute Gasteiger partial charge is 0.275 e. The Morgan fingerprint density at radius 2 is 2.23 bits per heavy atom. The third-order valence-electron chi connectivity index (χ3n) is 1.66. The highest BCUT2D eigenvalue weighted by Gasteiger charge is 2.13. The lowest BCUT2D eigenvalue weighted by atomic mass is 10.3. The minimum absolute atomic E-state index is 0.372. The second-order valence-electron chi connectivity index (χ2n) is 2.47. The molecule has 1 heterocycles. The van der Waals surface area contributed by atoms with Crippen LogP contribution in [0.4, 0.5) is 0 Å². The molecular formula is C8H9Cl2N3. The van der Waals surface area contributed by atoms with E-state index in [0.29, 0.717) is 16.0 Å². The first-order valence-corrected chi connectivity index (χ1v) is 4.35. The molecule has 0 spiro atoms. The van der Waals surface area contributed by atoms with E-state index in [4.69, 9.17) is 23.2 Å². The van der Waals surface area contributed by atoms with Crippen molar-refractivity contribution in [2.45, 2.75) is 6.92 Å². The molecule has 0 N–H and O–H groups in total. The molecule has 0 saturated carbocycles. The van der Waals surface area contributed by atoms with E-state index in [0.717, 1.165) is 5.56 Å². The summed E-state index contributed by atoms with van der Waals surface area (Å²) >= 11 is 11.7. The molecule has 0 aliphatic rings. The molecule has 0 aliphatic heterocycles. The minimum atomic E-state index is 0.372. The number of aliphatic imine (C=N–C) groups is 1. The second kappa shape index (κ2) is 3.94. The molecule has 5 heteroatoms. The van der Waals surface area contributed by atoms with Gasteiger partial charge in [-0.1, -0.05) is 23.2 Å². The minimum Gasteiger partial charge on any atom is -0.275 e. The van der Waals surface area contributed by atoms with Crippen LogP contribution in [0.25, 0.3) is 0 Å². The Balaban J connectivity index is 3.41. The van der Waals surface area contributed by atoms with Gasteiger partial charge in [0.1, 0.15) is 16.0 Å². The van der Waals surface area contributed by atoms with Crippen LogP contribution in [-0.4, -0.2) is 23.6 Å². The zero-order valence-electron chi connectivity index (χ0n) is 7.38. The number of rotatable bonds is 2. The van der Waals surface area contributed by atoms with E-state index in [9.17, 15) is 0 Å². The van der Waals surface area contributed by atoms with Crippen LogP contribution in [0.1, 0.15) is 11.3 Å². The summed E-state index contributed by atoms with van der Waals surface area (Å²) in [6.07, 6.45) is 0. The second-order valence-corrected chi connectivity index (χ2v) is 3.21. The fourth-order valence-corrected chi connectivity index (χ4v) is 1.61. The lowest BCUT2D eigenvalue weighted by molar-refractivity contribution is 0.886. The van der Waals surface area contributed by atoms with Crippen molar-refractivity contribution in [2.75, 3.05) is 7.05 Å². The topological polar surface area (TPSA) is 29.6 Å². The summed E-state index contributed by atoms with van der Waals surface area (Å²) in [5.74, 6) is 0. The Morgan fingerprint density at radius 3 is 2.69 bits per heavy atom. The molecule has 1 aromatic rings. The van der Waals surface area contributed by atoms with E-state index in [2.05, 4.69) is 16.8 Å². The Labute approximate surface area is 86.7 Å². The van der Waals surface area contributed by atoms with Crippen LogP contribution in [0.15, 0.2) is 16.2 Å². The first kappa shape index (κ1) is 10.3. The molecule has 0 aromatic carbocycles. The van der Waals surface area contributed by atoms with Gasteiger partial charge >= 0.3 is 0 Å². The predicted molar refractivity (Wildman–Crippen MR) is 57.4 cm³/mol. The highest BCUT2D eigenvalue weighted by atomic mass is 35.5. The number of hydrogen-bond acceptors (Lipinski definition) is 2. The molecule has 70 valence electrons. The standard InChI is InChI=1S/C8H9Cl2N3/c1-5-4-6(9)13(12-3)7(5)8(10)11-2/h4H,3H2,1-2H3. The first-order valence-electron chi connectivity index (χ1n) is 3.59. The van der Waals surface area contributed by atoms with Gasteiger partial charge in [0.2, 0.25) is 0 Å². The van der Waals surface area contributed by atoms with Gasteiger partial charge in [0.25, 0.3) is 0 Å². The van der Waals surface area contributed by atoms with Crippen molar-refractivity contribution in [2.24, 2.45) is 10.1 Å². The molecule has 0 unspecified atom stereocenters. The van der Waals surface area contributed by atoms with Gasteiger partial charge < -0.3 is 0 Å². The van der Waals surface area contributed by atoms with Crippen LogP contribution in [-0.2, 0) is 0 Å². The van der Waals surface area contributed by atoms with Crippen molar-refractivity contribution >= 4 is 35.1 Å². The third-order valence-corrected chi connectivity index (χ3v) is 2.27. The van der Waals surface area contributed by atoms with E-state index in [1.54, 1.807) is 13.1 Å². The number of hydrogen-bond donors (Lipinski definition) is 0. The SMILES string of the molecule is C=Nn1c(Cl)cc(C)c1C(Cl)=NC. The van der Waals surface area contributed by atoms with E-state index in [1.165, 1.54) is 4.68 Å². The first-order chi connectivity index (χ1) is 6.11. The fraction of sp³-hybridized carbons (Fsp3) is 0.250. The van der Waals surface area contributed by atoms with E-state index < -0.39 is 0 Å². The van der Waals surface area contributed by atoms with Crippen LogP contribution >= 0.6 is 23.2 Å². The number of aromatic nitrogens is 1. The summed E-state index contributed by atoms with van der Waals surface area (Å²) in [5.41, 5.74) is 1.61. The highest BCUT2D eigenvalue weighted by molar-refractivity contribution is 6.69. The molecule has 0 amide bonds. The van der Waals surface area contributed by atoms with Gasteiger partial charge in [-0.25, -0.2) is 4.68 Å². The average molecular weight is 218 g/mol. The van der Waals surface area contributed by atoms with Gasteiger partial charge in [-0.3, -0.25) is 4.99 Å². The van der Waals surface area contributed by atoms with Gasteiger partial charge in [-0.15, -0.1) is 0 Å². The Kier molecular flexibility index (Phi) is 3.12. The summed E-state index contributed by atoms with van der Waals surface area (Å²) in [6, 6.07) is 1.76. The van der Waals surface area contributed by atoms with Crippen LogP contribution in [0, 0.1) is 6.92 Å². The molecule has 0 saturated heterocycles. The van der Waals surface area contributed by atoms with Crippen molar-refractivity contribution in [3.8, 4) is 0 Å². The maximum absolute atomic E-state index is 5.88. The van der Waals surface area contributed by atoms with Crippen LogP contribution in [0.3, 0.4) is 0 Å². The van der Waals surface area contributed by atoms with E-state index >= 15 is 0 Å². The Hall–Kier alpha value is -0.800. The average Bonchev–Trinajstić information content (AvgIpc) is 2.39. The molecule has 0 atom stereocenters. The lowest BCUT2D eigenvalue weighted by Crippen LogP contribution is -2.02. The predicted octanol–water partition coefficient (Wildman–Crippen LogP) is 2.53. The molecule has 0 aliphatic carbocycles. The van der Waals surface area contributed by atoms with Gasteiger partial charge in [-0.2, -0.15) is 5.10 Å². The zero-order chi connectivity index (χ0) is 10.0. The van der Waals surface area contributed by atoms with Crippen molar-refractivity contribution in [3.05, 3.63) is 22.5 Å². The molecule has 3 nitrogen and oxygen atoms in total. The van der Waals surface area contributed by atoms with Crippen molar-refractivity contribution in [3.63, 3.8) is 0 Å². The maximum Gasteiger partial charge on any atom is 0.149 e. The molecular weight excluding hydrogens is 209 g/mol. The number of aryl methyl sites for hydroxylation is 1. The molecule has 13 heavy (non-hydrogen) atoms. The fourth-order valence-electron chi connectivity index (χ4n) is 1.08. The summed E-state index contributed by atoms with van der Waals surface area (Å²) in [4.78, 5) is 3.86. The van der Waals surface area contributed by atoms with Crippen LogP contribution in [0.2, 0.25) is 5.15 Å². The van der Waals surface area contributed by atoms with Crippen molar-refractivity contribution in [1.29, 1.82) is 0 Å². The number of nitrogens with zero attached hydrogens (tertiary/aromatic N) is 3.